The molecule has 0 atom stereocenters. The van der Waals surface area contributed by atoms with Gasteiger partial charge in [-0.05, 0) is 18.2 Å². The van der Waals surface area contributed by atoms with Crippen LogP contribution in [0.4, 0.5) is 5.13 Å². The predicted octanol–water partition coefficient (Wildman–Crippen LogP) is 5.16. The van der Waals surface area contributed by atoms with E-state index in [1.807, 2.05) is 76.9 Å². The third-order valence-corrected chi connectivity index (χ3v) is 6.09. The van der Waals surface area contributed by atoms with Gasteiger partial charge in [0.25, 0.3) is 0 Å². The van der Waals surface area contributed by atoms with Crippen LogP contribution in [0.15, 0.2) is 73.2 Å². The lowest BCUT2D eigenvalue weighted by Crippen LogP contribution is -2.07. The van der Waals surface area contributed by atoms with Crippen molar-refractivity contribution >= 4 is 45.7 Å². The summed E-state index contributed by atoms with van der Waals surface area (Å²) in [6.45, 7) is 0. The Morgan fingerprint density at radius 3 is 2.69 bits per heavy atom. The van der Waals surface area contributed by atoms with Crippen molar-refractivity contribution in [1.82, 2.24) is 23.9 Å². The van der Waals surface area contributed by atoms with Gasteiger partial charge in [0.2, 0.25) is 5.91 Å². The normalized spacial score (nSPS) is 11.4. The average Bonchev–Trinajstić information content (AvgIpc) is 3.49. The molecule has 1 amide bonds. The van der Waals surface area contributed by atoms with E-state index in [-0.39, 0.29) is 5.91 Å². The van der Waals surface area contributed by atoms with Gasteiger partial charge in [-0.25, -0.2) is 15.0 Å². The van der Waals surface area contributed by atoms with Crippen LogP contribution in [-0.2, 0) is 11.8 Å². The van der Waals surface area contributed by atoms with Gasteiger partial charge in [-0.2, -0.15) is 0 Å². The van der Waals surface area contributed by atoms with Gasteiger partial charge in [0.15, 0.2) is 16.1 Å². The molecule has 0 bridgehead atoms. The zero-order chi connectivity index (χ0) is 22.1. The molecule has 4 heterocycles. The monoisotopic (exact) mass is 460 g/mol. The number of rotatable bonds is 5. The summed E-state index contributed by atoms with van der Waals surface area (Å²) in [6, 6.07) is 15.4. The molecular formula is C23H17ClN6OS. The second-order valence-electron chi connectivity index (χ2n) is 6.96. The van der Waals surface area contributed by atoms with E-state index in [0.717, 1.165) is 22.0 Å². The van der Waals surface area contributed by atoms with Crippen LogP contribution in [0.1, 0.15) is 5.69 Å². The molecule has 0 aliphatic heterocycles. The van der Waals surface area contributed by atoms with Crippen molar-refractivity contribution in [2.75, 3.05) is 5.32 Å². The van der Waals surface area contributed by atoms with Crippen molar-refractivity contribution in [1.29, 1.82) is 0 Å². The summed E-state index contributed by atoms with van der Waals surface area (Å²) in [4.78, 5) is 27.0. The molecule has 4 aromatic heterocycles. The van der Waals surface area contributed by atoms with Crippen LogP contribution in [0.3, 0.4) is 0 Å². The third-order valence-electron chi connectivity index (χ3n) is 4.84. The summed E-state index contributed by atoms with van der Waals surface area (Å²) < 4.78 is 3.75. The number of carbonyl (C=O) groups excluding carboxylic acids is 1. The summed E-state index contributed by atoms with van der Waals surface area (Å²) in [5.41, 5.74) is 3.07. The smallest absolute Gasteiger partial charge is 0.250 e. The summed E-state index contributed by atoms with van der Waals surface area (Å²) in [6.07, 6.45) is 8.53. The first-order chi connectivity index (χ1) is 15.6. The molecular weight excluding hydrogens is 444 g/mol. The van der Waals surface area contributed by atoms with Gasteiger partial charge in [0.05, 0.1) is 16.3 Å². The van der Waals surface area contributed by atoms with Gasteiger partial charge in [0.1, 0.15) is 5.65 Å². The number of carbonyl (C=O) groups is 1. The largest absolute Gasteiger partial charge is 0.333 e. The first kappa shape index (κ1) is 20.2. The fourth-order valence-corrected chi connectivity index (χ4v) is 4.61. The molecule has 5 rings (SSSR count). The van der Waals surface area contributed by atoms with E-state index in [1.165, 1.54) is 17.4 Å². The van der Waals surface area contributed by atoms with E-state index in [0.29, 0.717) is 21.6 Å². The Kier molecular flexibility index (Phi) is 5.30. The highest BCUT2D eigenvalue weighted by Crippen LogP contribution is 2.38. The Morgan fingerprint density at radius 2 is 1.91 bits per heavy atom. The molecule has 7 nitrogen and oxygen atoms in total. The summed E-state index contributed by atoms with van der Waals surface area (Å²) >= 11 is 7.62. The molecule has 0 radical (unpaired) electrons. The van der Waals surface area contributed by atoms with E-state index in [1.54, 1.807) is 12.3 Å². The van der Waals surface area contributed by atoms with Crippen LogP contribution in [0, 0.1) is 0 Å². The van der Waals surface area contributed by atoms with Crippen LogP contribution < -0.4 is 5.32 Å². The zero-order valence-corrected chi connectivity index (χ0v) is 18.5. The number of hydrogen-bond donors (Lipinski definition) is 1. The number of nitrogens with one attached hydrogen (secondary N) is 1. The van der Waals surface area contributed by atoms with Gasteiger partial charge in [-0.1, -0.05) is 59.3 Å². The first-order valence-electron chi connectivity index (χ1n) is 9.76. The number of pyridine rings is 1. The van der Waals surface area contributed by atoms with Crippen molar-refractivity contribution in [2.24, 2.45) is 7.05 Å². The van der Waals surface area contributed by atoms with Crippen molar-refractivity contribution in [3.05, 3.63) is 84.0 Å². The molecule has 0 unspecified atom stereocenters. The van der Waals surface area contributed by atoms with Crippen molar-refractivity contribution < 1.29 is 4.79 Å². The molecule has 0 aliphatic carbocycles. The highest BCUT2D eigenvalue weighted by molar-refractivity contribution is 7.19. The Balaban J connectivity index is 1.45. The number of fused-ring (bicyclic) bond motifs is 1. The number of aromatic nitrogens is 5. The first-order valence-corrected chi connectivity index (χ1v) is 10.9. The van der Waals surface area contributed by atoms with Gasteiger partial charge in [-0.3, -0.25) is 14.5 Å². The lowest BCUT2D eigenvalue weighted by atomic mass is 10.1. The number of hydrogen-bond acceptors (Lipinski definition) is 5. The second-order valence-corrected chi connectivity index (χ2v) is 8.32. The number of benzene rings is 1. The van der Waals surface area contributed by atoms with Crippen LogP contribution in [0.25, 0.3) is 33.7 Å². The summed E-state index contributed by atoms with van der Waals surface area (Å²) in [7, 11) is 1.93. The number of amides is 1. The van der Waals surface area contributed by atoms with Gasteiger partial charge in [-0.15, -0.1) is 0 Å². The molecule has 0 saturated carbocycles. The van der Waals surface area contributed by atoms with E-state index in [4.69, 9.17) is 11.6 Å². The fourth-order valence-electron chi connectivity index (χ4n) is 3.34. The second kappa shape index (κ2) is 8.41. The maximum absolute atomic E-state index is 12.6. The maximum Gasteiger partial charge on any atom is 0.250 e. The molecule has 1 aromatic carbocycles. The van der Waals surface area contributed by atoms with E-state index >= 15 is 0 Å². The Morgan fingerprint density at radius 1 is 1.09 bits per heavy atom. The molecule has 1 N–H and O–H groups in total. The zero-order valence-electron chi connectivity index (χ0n) is 16.9. The predicted molar refractivity (Wildman–Crippen MR) is 128 cm³/mol. The van der Waals surface area contributed by atoms with Crippen molar-refractivity contribution in [3.8, 4) is 22.0 Å². The lowest BCUT2D eigenvalue weighted by Gasteiger charge is -2.02. The van der Waals surface area contributed by atoms with Crippen LogP contribution in [-0.4, -0.2) is 29.8 Å². The molecule has 0 saturated heterocycles. The highest BCUT2D eigenvalue weighted by Gasteiger charge is 2.18. The number of aryl methyl sites for hydroxylation is 1. The molecule has 0 fully saturated rings. The number of thiazole rings is 1. The van der Waals surface area contributed by atoms with E-state index < -0.39 is 0 Å². The fraction of sp³-hybridized carbons (Fsp3) is 0.0435. The highest BCUT2D eigenvalue weighted by atomic mass is 35.5. The number of nitrogens with zero attached hydrogens (tertiary/aromatic N) is 5. The Bertz CT molecular complexity index is 1450. The van der Waals surface area contributed by atoms with Gasteiger partial charge >= 0.3 is 0 Å². The van der Waals surface area contributed by atoms with Crippen LogP contribution in [0.2, 0.25) is 5.15 Å². The summed E-state index contributed by atoms with van der Waals surface area (Å²) in [5, 5.41) is 3.67. The Labute approximate surface area is 192 Å². The van der Waals surface area contributed by atoms with Crippen molar-refractivity contribution in [2.45, 2.75) is 0 Å². The van der Waals surface area contributed by atoms with Crippen molar-refractivity contribution in [3.63, 3.8) is 0 Å². The summed E-state index contributed by atoms with van der Waals surface area (Å²) in [5.74, 6) is 0.474. The maximum atomic E-state index is 12.6. The SMILES string of the molecule is Cn1ccnc1-c1sc(NC(=O)/C=C/c2c(Cl)nc3ccccn23)nc1-c1ccccc1. The standard InChI is InChI=1S/C23H17ClN6OS/c1-29-14-12-25-22(29)20-19(15-7-3-2-4-8-15)28-23(32-20)27-18(31)11-10-16-21(24)26-17-9-5-6-13-30(16)17/h2-14H,1H3,(H,27,28,31)/b11-10+. The molecule has 5 aromatic rings. The minimum atomic E-state index is -0.313. The number of imidazole rings is 2. The number of halogens is 1. The minimum Gasteiger partial charge on any atom is -0.333 e. The molecule has 32 heavy (non-hydrogen) atoms. The van der Waals surface area contributed by atoms with E-state index in [2.05, 4.69) is 20.3 Å². The van der Waals surface area contributed by atoms with Gasteiger partial charge in [0, 0.05) is 37.3 Å². The minimum absolute atomic E-state index is 0.313. The number of anilines is 1. The Hall–Kier alpha value is -3.75. The quantitative estimate of drug-likeness (QED) is 0.367. The lowest BCUT2D eigenvalue weighted by molar-refractivity contribution is -0.111. The van der Waals surface area contributed by atoms with Crippen LogP contribution in [0.5, 0.6) is 0 Å². The van der Waals surface area contributed by atoms with E-state index in [9.17, 15) is 4.79 Å². The topological polar surface area (TPSA) is 77.1 Å². The molecule has 158 valence electrons. The molecule has 9 heteroatoms. The molecule has 0 spiro atoms. The average molecular weight is 461 g/mol. The van der Waals surface area contributed by atoms with Crippen LogP contribution >= 0.6 is 22.9 Å². The molecule has 0 aliphatic rings. The van der Waals surface area contributed by atoms with Gasteiger partial charge < -0.3 is 4.57 Å². The third kappa shape index (κ3) is 3.81.